The number of aromatic nitrogens is 3. The van der Waals surface area contributed by atoms with Crippen LogP contribution in [0.15, 0.2) is 5.38 Å². The Balaban J connectivity index is 2.76. The van der Waals surface area contributed by atoms with E-state index in [0.29, 0.717) is 17.2 Å². The van der Waals surface area contributed by atoms with Crippen molar-refractivity contribution in [3.63, 3.8) is 0 Å². The van der Waals surface area contributed by atoms with Gasteiger partial charge in [0, 0.05) is 16.9 Å². The molecule has 2 aromatic rings. The van der Waals surface area contributed by atoms with E-state index in [2.05, 4.69) is 5.10 Å². The van der Waals surface area contributed by atoms with E-state index in [1.807, 2.05) is 6.92 Å². The van der Waals surface area contributed by atoms with E-state index < -0.39 is 7.60 Å². The van der Waals surface area contributed by atoms with Gasteiger partial charge in [-0.05, 0) is 0 Å². The monoisotopic (exact) mass is 249 g/mol. The quantitative estimate of drug-likeness (QED) is 0.351. The van der Waals surface area contributed by atoms with Gasteiger partial charge >= 0.3 is 12.6 Å². The molecule has 15 heavy (non-hydrogen) atoms. The predicted molar refractivity (Wildman–Crippen MR) is 54.5 cm³/mol. The SMILES string of the molecule is CCc1nn2c(P(=O)(O)O)csc2[n+]1N. The van der Waals surface area contributed by atoms with Crippen molar-refractivity contribution < 1.29 is 19.0 Å². The molecule has 0 spiro atoms. The van der Waals surface area contributed by atoms with Crippen molar-refractivity contribution in [1.82, 2.24) is 9.61 Å². The molecule has 0 fully saturated rings. The van der Waals surface area contributed by atoms with Crippen LogP contribution >= 0.6 is 18.9 Å². The highest BCUT2D eigenvalue weighted by Gasteiger charge is 2.31. The summed E-state index contributed by atoms with van der Waals surface area (Å²) in [6.07, 6.45) is 0.603. The molecule has 82 valence electrons. The van der Waals surface area contributed by atoms with Crippen LogP contribution < -0.4 is 16.0 Å². The van der Waals surface area contributed by atoms with Crippen LogP contribution in [0.3, 0.4) is 0 Å². The Labute approximate surface area is 88.9 Å². The number of fused-ring (bicyclic) bond motifs is 1. The van der Waals surface area contributed by atoms with Gasteiger partial charge in [-0.3, -0.25) is 10.4 Å². The lowest BCUT2D eigenvalue weighted by atomic mass is 10.5. The summed E-state index contributed by atoms with van der Waals surface area (Å²) in [5.74, 6) is 6.28. The van der Waals surface area contributed by atoms with Crippen LogP contribution in [0, 0.1) is 0 Å². The van der Waals surface area contributed by atoms with Gasteiger partial charge in [0.1, 0.15) is 0 Å². The first-order valence-electron chi connectivity index (χ1n) is 4.17. The van der Waals surface area contributed by atoms with Gasteiger partial charge in [0.05, 0.1) is 0 Å². The largest absolute Gasteiger partial charge is 0.392 e. The molecule has 0 bridgehead atoms. The van der Waals surface area contributed by atoms with Crippen LogP contribution in [0.2, 0.25) is 0 Å². The van der Waals surface area contributed by atoms with Crippen molar-refractivity contribution in [2.75, 3.05) is 5.84 Å². The molecular weight excluding hydrogens is 239 g/mol. The molecule has 0 atom stereocenters. The Kier molecular flexibility index (Phi) is 2.31. The minimum absolute atomic E-state index is 0.124. The zero-order valence-corrected chi connectivity index (χ0v) is 9.57. The maximum atomic E-state index is 11.1. The van der Waals surface area contributed by atoms with Crippen molar-refractivity contribution in [2.24, 2.45) is 0 Å². The molecular formula is C6H10N4O3PS+. The summed E-state index contributed by atoms with van der Waals surface area (Å²) in [6, 6.07) is 0. The second kappa shape index (κ2) is 3.28. The normalized spacial score (nSPS) is 12.5. The molecule has 0 aliphatic rings. The van der Waals surface area contributed by atoms with Gasteiger partial charge in [-0.15, -0.1) is 4.68 Å². The van der Waals surface area contributed by atoms with Gasteiger partial charge in [0.25, 0.3) is 5.82 Å². The van der Waals surface area contributed by atoms with E-state index in [9.17, 15) is 4.57 Å². The summed E-state index contributed by atoms with van der Waals surface area (Å²) >= 11 is 1.15. The van der Waals surface area contributed by atoms with E-state index in [0.717, 1.165) is 11.3 Å². The maximum absolute atomic E-state index is 11.1. The number of thiazole rings is 1. The molecule has 2 rings (SSSR count). The Morgan fingerprint density at radius 3 is 2.93 bits per heavy atom. The summed E-state index contributed by atoms with van der Waals surface area (Å²) in [4.78, 5) is 18.6. The van der Waals surface area contributed by atoms with Gasteiger partial charge in [0.2, 0.25) is 5.44 Å². The van der Waals surface area contributed by atoms with Crippen molar-refractivity contribution >= 4 is 29.3 Å². The number of hydrogen-bond acceptors (Lipinski definition) is 4. The third kappa shape index (κ3) is 1.55. The lowest BCUT2D eigenvalue weighted by molar-refractivity contribution is -0.618. The first-order valence-corrected chi connectivity index (χ1v) is 6.66. The highest BCUT2D eigenvalue weighted by molar-refractivity contribution is 7.60. The fourth-order valence-electron chi connectivity index (χ4n) is 1.26. The summed E-state index contributed by atoms with van der Waals surface area (Å²) in [5, 5.41) is 5.40. The molecule has 0 amide bonds. The molecule has 0 aromatic carbocycles. The average molecular weight is 249 g/mol. The highest BCUT2D eigenvalue weighted by atomic mass is 32.1. The zero-order valence-electron chi connectivity index (χ0n) is 7.86. The molecule has 0 saturated carbocycles. The minimum atomic E-state index is -4.29. The molecule has 0 aliphatic heterocycles. The number of nitrogens with two attached hydrogens (primary N) is 1. The fourth-order valence-corrected chi connectivity index (χ4v) is 3.19. The lowest BCUT2D eigenvalue weighted by Gasteiger charge is -1.94. The first kappa shape index (κ1) is 10.6. The molecule has 2 heterocycles. The molecule has 7 nitrogen and oxygen atoms in total. The second-order valence-corrected chi connectivity index (χ2v) is 5.35. The average Bonchev–Trinajstić information content (AvgIpc) is 2.65. The van der Waals surface area contributed by atoms with Crippen molar-refractivity contribution in [3.05, 3.63) is 11.2 Å². The highest BCUT2D eigenvalue weighted by Crippen LogP contribution is 2.34. The minimum Gasteiger partial charge on any atom is -0.319 e. The number of nitrogens with zero attached hydrogens (tertiary/aromatic N) is 3. The Morgan fingerprint density at radius 1 is 1.73 bits per heavy atom. The van der Waals surface area contributed by atoms with Gasteiger partial charge < -0.3 is 9.79 Å². The van der Waals surface area contributed by atoms with Crippen molar-refractivity contribution in [2.45, 2.75) is 13.3 Å². The van der Waals surface area contributed by atoms with E-state index >= 15 is 0 Å². The van der Waals surface area contributed by atoms with E-state index in [1.54, 1.807) is 0 Å². The summed E-state index contributed by atoms with van der Waals surface area (Å²) in [6.45, 7) is 1.87. The maximum Gasteiger partial charge on any atom is 0.392 e. The van der Waals surface area contributed by atoms with Gasteiger partial charge in [-0.25, -0.2) is 0 Å². The van der Waals surface area contributed by atoms with Crippen molar-refractivity contribution in [1.29, 1.82) is 0 Å². The van der Waals surface area contributed by atoms with Crippen molar-refractivity contribution in [3.8, 4) is 0 Å². The third-order valence-corrected chi connectivity index (χ3v) is 3.99. The summed E-state index contributed by atoms with van der Waals surface area (Å²) in [5.41, 5.74) is -0.124. The van der Waals surface area contributed by atoms with Crippen LogP contribution in [0.4, 0.5) is 0 Å². The van der Waals surface area contributed by atoms with E-state index in [4.69, 9.17) is 15.6 Å². The van der Waals surface area contributed by atoms with Crippen LogP contribution in [0.5, 0.6) is 0 Å². The smallest absolute Gasteiger partial charge is 0.319 e. The van der Waals surface area contributed by atoms with E-state index in [-0.39, 0.29) is 5.44 Å². The first-order chi connectivity index (χ1) is 6.95. The van der Waals surface area contributed by atoms with E-state index in [1.165, 1.54) is 14.6 Å². The number of aryl methyl sites for hydroxylation is 1. The molecule has 4 N–H and O–H groups in total. The van der Waals surface area contributed by atoms with Gasteiger partial charge in [0.15, 0.2) is 0 Å². The summed E-state index contributed by atoms with van der Waals surface area (Å²) < 4.78 is 13.6. The van der Waals surface area contributed by atoms with Gasteiger partial charge in [-0.2, -0.15) is 0 Å². The topological polar surface area (TPSA) is 105 Å². The Hall–Kier alpha value is -0.950. The molecule has 2 aromatic heterocycles. The molecule has 0 unspecified atom stereocenters. The fraction of sp³-hybridized carbons (Fsp3) is 0.333. The Morgan fingerprint density at radius 2 is 2.40 bits per heavy atom. The number of nitrogen functional groups attached to an aromatic ring is 1. The zero-order chi connectivity index (χ0) is 11.2. The molecule has 0 saturated heterocycles. The van der Waals surface area contributed by atoms with Crippen LogP contribution in [-0.4, -0.2) is 19.4 Å². The molecule has 9 heteroatoms. The molecule has 0 aliphatic carbocycles. The standard InChI is InChI=1S/C6H9N4O3PS/c1-2-4-8-10-5(14(11,12)13)3-15-6(10)9(4)7/h3H,2,7H2,1H3,(H-,11,12,13)/p+1. The lowest BCUT2D eigenvalue weighted by Crippen LogP contribution is -2.46. The van der Waals surface area contributed by atoms with Crippen LogP contribution in [0.1, 0.15) is 12.7 Å². The van der Waals surface area contributed by atoms with Crippen LogP contribution in [-0.2, 0) is 11.0 Å². The van der Waals surface area contributed by atoms with Crippen LogP contribution in [0.25, 0.3) is 4.96 Å². The predicted octanol–water partition coefficient (Wildman–Crippen LogP) is -1.24. The number of rotatable bonds is 2. The third-order valence-electron chi connectivity index (χ3n) is 1.98. The van der Waals surface area contributed by atoms with Gasteiger partial charge in [-0.1, -0.05) is 22.8 Å². The molecule has 0 radical (unpaired) electrons. The second-order valence-electron chi connectivity index (χ2n) is 2.97. The Bertz CT molecular complexity index is 556. The summed E-state index contributed by atoms with van der Waals surface area (Å²) in [7, 11) is -4.29. The number of hydrogen-bond donors (Lipinski definition) is 3.